The number of amides is 1. The van der Waals surface area contributed by atoms with E-state index >= 15 is 0 Å². The summed E-state index contributed by atoms with van der Waals surface area (Å²) in [5, 5.41) is 3.44. The number of benzene rings is 1. The third kappa shape index (κ3) is 4.16. The fourth-order valence-corrected chi connectivity index (χ4v) is 2.16. The molecule has 1 unspecified atom stereocenters. The zero-order chi connectivity index (χ0) is 12.4. The fraction of sp³-hybridized carbons (Fsp3) is 0.462. The minimum atomic E-state index is -0.105. The molecule has 1 aliphatic rings. The molecule has 0 radical (unpaired) electrons. The Morgan fingerprint density at radius 1 is 1.50 bits per heavy atom. The molecule has 0 saturated heterocycles. The Morgan fingerprint density at radius 3 is 2.72 bits per heavy atom. The van der Waals surface area contributed by atoms with E-state index in [4.69, 9.17) is 17.3 Å². The maximum absolute atomic E-state index is 11.9. The van der Waals surface area contributed by atoms with Gasteiger partial charge in [-0.05, 0) is 49.4 Å². The zero-order valence-electron chi connectivity index (χ0n) is 10.3. The lowest BCUT2D eigenvalue weighted by atomic mass is 10.1. The zero-order valence-corrected chi connectivity index (χ0v) is 11.9. The van der Waals surface area contributed by atoms with Gasteiger partial charge >= 0.3 is 0 Å². The predicted octanol–water partition coefficient (Wildman–Crippen LogP) is 2.54. The first-order valence-electron chi connectivity index (χ1n) is 5.87. The first-order chi connectivity index (χ1) is 8.06. The average Bonchev–Trinajstić information content (AvgIpc) is 3.07. The Labute approximate surface area is 118 Å². The molecule has 1 aliphatic carbocycles. The Kier molecular flexibility index (Phi) is 5.45. The number of halogens is 2. The van der Waals surface area contributed by atoms with Crippen LogP contribution in [0.25, 0.3) is 0 Å². The number of hydrogen-bond donors (Lipinski definition) is 2. The lowest BCUT2D eigenvalue weighted by Gasteiger charge is -2.12. The molecule has 2 rings (SSSR count). The SMILES string of the molecule is Cc1cc(Cl)cc(C(=O)NCC(N)C2CC2)c1.Cl. The van der Waals surface area contributed by atoms with Crippen molar-refractivity contribution in [2.45, 2.75) is 25.8 Å². The smallest absolute Gasteiger partial charge is 0.251 e. The van der Waals surface area contributed by atoms with Gasteiger partial charge in [0, 0.05) is 23.2 Å². The summed E-state index contributed by atoms with van der Waals surface area (Å²) in [5.41, 5.74) is 7.50. The molecule has 0 aliphatic heterocycles. The molecule has 1 atom stereocenters. The van der Waals surface area contributed by atoms with Crippen LogP contribution >= 0.6 is 24.0 Å². The predicted molar refractivity (Wildman–Crippen MR) is 76.5 cm³/mol. The second-order valence-electron chi connectivity index (χ2n) is 4.73. The van der Waals surface area contributed by atoms with Crippen molar-refractivity contribution in [1.29, 1.82) is 0 Å². The summed E-state index contributed by atoms with van der Waals surface area (Å²) in [6.45, 7) is 2.45. The van der Waals surface area contributed by atoms with E-state index in [1.54, 1.807) is 6.07 Å². The fourth-order valence-electron chi connectivity index (χ4n) is 1.87. The highest BCUT2D eigenvalue weighted by molar-refractivity contribution is 6.31. The van der Waals surface area contributed by atoms with E-state index in [0.29, 0.717) is 23.0 Å². The van der Waals surface area contributed by atoms with Gasteiger partial charge in [-0.25, -0.2) is 0 Å². The lowest BCUT2D eigenvalue weighted by molar-refractivity contribution is 0.0950. The van der Waals surface area contributed by atoms with Gasteiger partial charge < -0.3 is 11.1 Å². The molecule has 3 nitrogen and oxygen atoms in total. The van der Waals surface area contributed by atoms with Crippen molar-refractivity contribution in [3.8, 4) is 0 Å². The van der Waals surface area contributed by atoms with Crippen LogP contribution in [0.4, 0.5) is 0 Å². The molecule has 1 saturated carbocycles. The molecule has 3 N–H and O–H groups in total. The van der Waals surface area contributed by atoms with Gasteiger partial charge in [-0.2, -0.15) is 0 Å². The summed E-state index contributed by atoms with van der Waals surface area (Å²) in [5.74, 6) is 0.489. The second-order valence-corrected chi connectivity index (χ2v) is 5.17. The molecular weight excluding hydrogens is 271 g/mol. The Bertz CT molecular complexity index is 413. The molecule has 0 heterocycles. The van der Waals surface area contributed by atoms with Crippen molar-refractivity contribution >= 4 is 29.9 Å². The number of nitrogens with one attached hydrogen (secondary N) is 1. The highest BCUT2D eigenvalue weighted by Gasteiger charge is 2.28. The Hall–Kier alpha value is -0.770. The van der Waals surface area contributed by atoms with Gasteiger partial charge in [-0.3, -0.25) is 4.79 Å². The van der Waals surface area contributed by atoms with Gasteiger partial charge in [0.15, 0.2) is 0 Å². The van der Waals surface area contributed by atoms with Crippen molar-refractivity contribution < 1.29 is 4.79 Å². The van der Waals surface area contributed by atoms with E-state index in [0.717, 1.165) is 5.56 Å². The number of carbonyl (C=O) groups is 1. The number of rotatable bonds is 4. The van der Waals surface area contributed by atoms with E-state index in [2.05, 4.69) is 5.32 Å². The van der Waals surface area contributed by atoms with Crippen LogP contribution in [0.15, 0.2) is 18.2 Å². The second kappa shape index (κ2) is 6.41. The van der Waals surface area contributed by atoms with E-state index < -0.39 is 0 Å². The van der Waals surface area contributed by atoms with Crippen molar-refractivity contribution in [3.63, 3.8) is 0 Å². The minimum absolute atomic E-state index is 0. The molecule has 0 bridgehead atoms. The van der Waals surface area contributed by atoms with Gasteiger partial charge in [0.05, 0.1) is 0 Å². The van der Waals surface area contributed by atoms with Crippen molar-refractivity contribution in [2.24, 2.45) is 11.7 Å². The molecule has 5 heteroatoms. The van der Waals surface area contributed by atoms with Gasteiger partial charge in [-0.15, -0.1) is 12.4 Å². The van der Waals surface area contributed by atoms with Gasteiger partial charge in [-0.1, -0.05) is 11.6 Å². The standard InChI is InChI=1S/C13H17ClN2O.ClH/c1-8-4-10(6-11(14)5-8)13(17)16-7-12(15)9-2-3-9;/h4-6,9,12H,2-3,7,15H2,1H3,(H,16,17);1H. The van der Waals surface area contributed by atoms with Crippen molar-refractivity contribution in [2.75, 3.05) is 6.54 Å². The highest BCUT2D eigenvalue weighted by Crippen LogP contribution is 2.31. The molecule has 1 aromatic rings. The van der Waals surface area contributed by atoms with Crippen LogP contribution in [-0.2, 0) is 0 Å². The Balaban J connectivity index is 0.00000162. The summed E-state index contributed by atoms with van der Waals surface area (Å²) in [7, 11) is 0. The molecule has 0 aromatic heterocycles. The first kappa shape index (κ1) is 15.3. The lowest BCUT2D eigenvalue weighted by Crippen LogP contribution is -2.38. The van der Waals surface area contributed by atoms with E-state index in [1.165, 1.54) is 12.8 Å². The third-order valence-electron chi connectivity index (χ3n) is 3.03. The van der Waals surface area contributed by atoms with Crippen LogP contribution in [0.2, 0.25) is 5.02 Å². The molecule has 100 valence electrons. The van der Waals surface area contributed by atoms with Crippen LogP contribution in [0, 0.1) is 12.8 Å². The summed E-state index contributed by atoms with van der Waals surface area (Å²) in [4.78, 5) is 11.9. The highest BCUT2D eigenvalue weighted by atomic mass is 35.5. The van der Waals surface area contributed by atoms with Crippen LogP contribution in [0.3, 0.4) is 0 Å². The molecule has 1 amide bonds. The number of nitrogens with two attached hydrogens (primary N) is 1. The quantitative estimate of drug-likeness (QED) is 0.895. The average molecular weight is 289 g/mol. The molecule has 1 aromatic carbocycles. The maximum Gasteiger partial charge on any atom is 0.251 e. The molecule has 1 fully saturated rings. The Morgan fingerprint density at radius 2 is 2.17 bits per heavy atom. The molecule has 0 spiro atoms. The van der Waals surface area contributed by atoms with Crippen molar-refractivity contribution in [3.05, 3.63) is 34.3 Å². The number of carbonyl (C=O) groups excluding carboxylic acids is 1. The first-order valence-corrected chi connectivity index (χ1v) is 6.25. The van der Waals surface area contributed by atoms with E-state index in [9.17, 15) is 4.79 Å². The topological polar surface area (TPSA) is 55.1 Å². The molecule has 18 heavy (non-hydrogen) atoms. The summed E-state index contributed by atoms with van der Waals surface area (Å²) in [6.07, 6.45) is 2.38. The van der Waals surface area contributed by atoms with Crippen LogP contribution in [-0.4, -0.2) is 18.5 Å². The summed E-state index contributed by atoms with van der Waals surface area (Å²) in [6, 6.07) is 5.41. The molecular formula is C13H18Cl2N2O. The van der Waals surface area contributed by atoms with Gasteiger partial charge in [0.25, 0.3) is 5.91 Å². The van der Waals surface area contributed by atoms with Gasteiger partial charge in [0.2, 0.25) is 0 Å². The minimum Gasteiger partial charge on any atom is -0.350 e. The van der Waals surface area contributed by atoms with Crippen molar-refractivity contribution in [1.82, 2.24) is 5.32 Å². The summed E-state index contributed by atoms with van der Waals surface area (Å²) < 4.78 is 0. The largest absolute Gasteiger partial charge is 0.350 e. The van der Waals surface area contributed by atoms with Crippen LogP contribution in [0.5, 0.6) is 0 Å². The third-order valence-corrected chi connectivity index (χ3v) is 3.25. The van der Waals surface area contributed by atoms with E-state index in [-0.39, 0.29) is 24.4 Å². The number of aryl methyl sites for hydroxylation is 1. The summed E-state index contributed by atoms with van der Waals surface area (Å²) >= 11 is 5.91. The van der Waals surface area contributed by atoms with Crippen LogP contribution < -0.4 is 11.1 Å². The monoisotopic (exact) mass is 288 g/mol. The maximum atomic E-state index is 11.9. The van der Waals surface area contributed by atoms with Gasteiger partial charge in [0.1, 0.15) is 0 Å². The van der Waals surface area contributed by atoms with E-state index in [1.807, 2.05) is 19.1 Å². The van der Waals surface area contributed by atoms with Crippen LogP contribution in [0.1, 0.15) is 28.8 Å². The normalized spacial score (nSPS) is 15.7. The number of hydrogen-bond acceptors (Lipinski definition) is 2.